The Hall–Kier alpha value is -1.39. The highest BCUT2D eigenvalue weighted by atomic mass is 36.0. The Kier molecular flexibility index (Phi) is 26.8. The van der Waals surface area contributed by atoms with E-state index in [-0.39, 0.29) is 29.0 Å². The van der Waals surface area contributed by atoms with E-state index < -0.39 is 57.9 Å². The summed E-state index contributed by atoms with van der Waals surface area (Å²) in [6.07, 6.45) is -4.37. The number of halogens is 8. The van der Waals surface area contributed by atoms with E-state index in [1.807, 2.05) is 27.7 Å². The van der Waals surface area contributed by atoms with E-state index >= 15 is 0 Å². The number of carbonyl (C=O) groups is 1. The van der Waals surface area contributed by atoms with E-state index in [9.17, 15) is 35.9 Å². The number of carbonyl (C=O) groups excluding carboxylic acids is 1. The first-order chi connectivity index (χ1) is 19.9. The Bertz CT molecular complexity index is 1420. The number of aromatic amines is 1. The molecule has 0 aliphatic rings. The molecule has 0 aliphatic carbocycles. The van der Waals surface area contributed by atoms with Gasteiger partial charge in [0.25, 0.3) is 5.56 Å². The average Bonchev–Trinajstić information content (AvgIpc) is 3.47. The molecule has 14 nitrogen and oxygen atoms in total. The Morgan fingerprint density at radius 1 is 0.956 bits per heavy atom. The maximum Gasteiger partial charge on any atom is 0.522 e. The van der Waals surface area contributed by atoms with Gasteiger partial charge in [0.1, 0.15) is 5.69 Å². The maximum absolute atomic E-state index is 12.1. The number of H-pyrrole nitrogens is 1. The van der Waals surface area contributed by atoms with Crippen LogP contribution >= 0.6 is 44.8 Å². The van der Waals surface area contributed by atoms with E-state index in [4.69, 9.17) is 58.4 Å². The first-order valence-electron chi connectivity index (χ1n) is 10.9. The molecule has 1 atom stereocenters. The van der Waals surface area contributed by atoms with Gasteiger partial charge in [0.05, 0.1) is 31.3 Å². The molecule has 1 amide bonds. The molecule has 6 N–H and O–H groups in total. The summed E-state index contributed by atoms with van der Waals surface area (Å²) in [5.41, 5.74) is 4.41. The van der Waals surface area contributed by atoms with E-state index in [2.05, 4.69) is 28.7 Å². The molecule has 2 aromatic heterocycles. The van der Waals surface area contributed by atoms with Crippen LogP contribution < -0.4 is 17.0 Å². The Morgan fingerprint density at radius 2 is 1.31 bits per heavy atom. The van der Waals surface area contributed by atoms with Gasteiger partial charge in [-0.05, 0) is 44.4 Å². The second-order valence-corrected chi connectivity index (χ2v) is 16.0. The van der Waals surface area contributed by atoms with E-state index in [1.165, 1.54) is 0 Å². The molecule has 0 saturated heterocycles. The predicted octanol–water partition coefficient (Wildman–Crippen LogP) is 3.85. The molecular weight excluding hydrogens is 794 g/mol. The number of primary amides is 1. The average molecular weight is 822 g/mol. The standard InChI is InChI=1S/C6H7F3N2S.C5H8N2OS.C5H12N2O.CHF3O3S.Cl2S2.O3S/c1-3(2)4-5(6(7,8)9)11-12-10-4;1-3(2)4-5(8)7-9-6-4;1-3(2)4(6)5(7)8;2-1(3,4)8(5,6)7;2*1-4(2)3/h3H,1-2H3;3H,1-2H3,(H,7,8);3-4H,6H2,1-2H3,(H2,7,8);(H,5,6,7);;/t;;4-;;;/m..0.../s1. The molecule has 0 bridgehead atoms. The van der Waals surface area contributed by atoms with Gasteiger partial charge in [0, 0.05) is 17.6 Å². The van der Waals surface area contributed by atoms with Crippen LogP contribution in [0, 0.1) is 5.92 Å². The van der Waals surface area contributed by atoms with Crippen LogP contribution in [0.5, 0.6) is 0 Å². The van der Waals surface area contributed by atoms with Gasteiger partial charge in [0.2, 0.25) is 5.91 Å². The van der Waals surface area contributed by atoms with Gasteiger partial charge in [-0.2, -0.15) is 47.9 Å². The monoisotopic (exact) mass is 820 g/mol. The number of nitrogens with two attached hydrogens (primary N) is 2. The second-order valence-electron chi connectivity index (χ2n) is 8.29. The van der Waals surface area contributed by atoms with Crippen molar-refractivity contribution in [1.29, 1.82) is 0 Å². The molecule has 2 heterocycles. The summed E-state index contributed by atoms with van der Waals surface area (Å²) in [6.45, 7) is 10.9. The number of nitrogens with one attached hydrogen (secondary N) is 1. The van der Waals surface area contributed by atoms with Gasteiger partial charge in [-0.15, -0.1) is 12.6 Å². The van der Waals surface area contributed by atoms with Crippen molar-refractivity contribution < 1.29 is 56.7 Å². The fraction of sp³-hybridized carbons (Fsp3) is 0.706. The highest BCUT2D eigenvalue weighted by Gasteiger charge is 2.44. The largest absolute Gasteiger partial charge is 0.522 e. The van der Waals surface area contributed by atoms with Crippen LogP contribution in [-0.4, -0.2) is 60.5 Å². The van der Waals surface area contributed by atoms with E-state index in [1.54, 1.807) is 13.8 Å². The molecule has 0 radical (unpaired) electrons. The molecule has 0 aromatic carbocycles. The first-order valence-corrected chi connectivity index (χ1v) is 18.7. The van der Waals surface area contributed by atoms with Crippen molar-refractivity contribution in [3.63, 3.8) is 0 Å². The molecule has 266 valence electrons. The second kappa shape index (κ2) is 23.9. The van der Waals surface area contributed by atoms with Gasteiger partial charge < -0.3 is 11.5 Å². The summed E-state index contributed by atoms with van der Waals surface area (Å²) in [5.74, 6) is -0.284. The Balaban J connectivity index is -0.000000233. The van der Waals surface area contributed by atoms with Crippen LogP contribution in [0.4, 0.5) is 26.3 Å². The lowest BCUT2D eigenvalue weighted by Gasteiger charge is -2.09. The lowest BCUT2D eigenvalue weighted by Crippen LogP contribution is -2.40. The molecule has 45 heavy (non-hydrogen) atoms. The lowest BCUT2D eigenvalue weighted by atomic mass is 10.1. The molecule has 0 spiro atoms. The van der Waals surface area contributed by atoms with Crippen molar-refractivity contribution in [2.24, 2.45) is 17.4 Å². The number of hydrogen-bond donors (Lipinski definition) is 4. The molecular formula is C17H28Cl2F6N6O8S6. The summed E-state index contributed by atoms with van der Waals surface area (Å²) < 4.78 is 133. The molecule has 2 aromatic rings. The van der Waals surface area contributed by atoms with E-state index in [0.29, 0.717) is 17.4 Å². The Morgan fingerprint density at radius 3 is 1.44 bits per heavy atom. The third-order valence-electron chi connectivity index (χ3n) is 3.73. The zero-order chi connectivity index (χ0) is 37.1. The smallest absolute Gasteiger partial charge is 0.368 e. The topological polar surface area (TPSA) is 246 Å². The zero-order valence-corrected chi connectivity index (χ0v) is 30.0. The summed E-state index contributed by atoms with van der Waals surface area (Å²) in [6, 6.07) is -0.491. The summed E-state index contributed by atoms with van der Waals surface area (Å²) in [5, 5.41) is 0. The number of nitrogens with zero attached hydrogens (tertiary/aromatic N) is 3. The van der Waals surface area contributed by atoms with Gasteiger partial charge >= 0.3 is 32.4 Å². The van der Waals surface area contributed by atoms with Crippen LogP contribution in [0.3, 0.4) is 0 Å². The fourth-order valence-electron chi connectivity index (χ4n) is 1.67. The van der Waals surface area contributed by atoms with Crippen molar-refractivity contribution in [2.75, 3.05) is 0 Å². The lowest BCUT2D eigenvalue weighted by molar-refractivity contribution is -0.141. The molecule has 0 fully saturated rings. The van der Waals surface area contributed by atoms with Crippen molar-refractivity contribution >= 4 is 90.5 Å². The number of rotatable bonds is 4. The molecule has 28 heteroatoms. The van der Waals surface area contributed by atoms with Gasteiger partial charge in [-0.25, -0.2) is 0 Å². The normalized spacial score (nSPS) is 11.7. The number of hydrogen-bond acceptors (Lipinski definition) is 14. The van der Waals surface area contributed by atoms with Crippen LogP contribution in [0.2, 0.25) is 0 Å². The first kappa shape index (κ1) is 50.5. The SMILES string of the molecule is CC(C)[C@H](N)C(N)=O.CC(C)c1ns[nH]c1=O.CC(C)c1nsnc1C(F)(F)F.O=S(=O)(O)C(F)(F)F.O=S(=O)=O.S=S(Cl)Cl. The van der Waals surface area contributed by atoms with Crippen LogP contribution in [0.25, 0.3) is 0 Å². The Labute approximate surface area is 279 Å². The zero-order valence-electron chi connectivity index (χ0n) is 23.6. The van der Waals surface area contributed by atoms with Crippen LogP contribution in [0.1, 0.15) is 70.5 Å². The molecule has 2 rings (SSSR count). The van der Waals surface area contributed by atoms with Crippen molar-refractivity contribution in [1.82, 2.24) is 17.5 Å². The highest BCUT2D eigenvalue weighted by Crippen LogP contribution is 2.33. The number of amides is 1. The highest BCUT2D eigenvalue weighted by molar-refractivity contribution is 8.54. The minimum Gasteiger partial charge on any atom is -0.368 e. The van der Waals surface area contributed by atoms with Gasteiger partial charge in [-0.3, -0.25) is 18.5 Å². The predicted molar refractivity (Wildman–Crippen MR) is 162 cm³/mol. The van der Waals surface area contributed by atoms with Crippen molar-refractivity contribution in [2.45, 2.75) is 71.1 Å². The third kappa shape index (κ3) is 28.6. The summed E-state index contributed by atoms with van der Waals surface area (Å²) in [7, 11) is -0.0193. The number of alkyl halides is 6. The van der Waals surface area contributed by atoms with E-state index in [0.717, 1.165) is 11.7 Å². The quantitative estimate of drug-likeness (QED) is 0.148. The van der Waals surface area contributed by atoms with Crippen LogP contribution in [-0.2, 0) is 50.8 Å². The van der Waals surface area contributed by atoms with Gasteiger partial charge in [0.15, 0.2) is 5.69 Å². The number of aromatic nitrogens is 4. The van der Waals surface area contributed by atoms with Crippen LogP contribution in [0.15, 0.2) is 4.79 Å². The molecule has 0 unspecified atom stereocenters. The summed E-state index contributed by atoms with van der Waals surface area (Å²) in [4.78, 5) is 21.0. The minimum atomic E-state index is -5.84. The fourth-order valence-corrected chi connectivity index (χ4v) is 3.00. The van der Waals surface area contributed by atoms with Crippen molar-refractivity contribution in [3.8, 4) is 0 Å². The minimum absolute atomic E-state index is 0.0347. The van der Waals surface area contributed by atoms with Gasteiger partial charge in [-0.1, -0.05) is 41.5 Å². The third-order valence-corrected chi connectivity index (χ3v) is 5.42. The maximum atomic E-state index is 12.1. The summed E-state index contributed by atoms with van der Waals surface area (Å²) >= 11 is 5.89. The van der Waals surface area contributed by atoms with Crippen molar-refractivity contribution in [3.05, 3.63) is 27.4 Å². The molecule has 0 aliphatic heterocycles. The molecule has 0 saturated carbocycles.